The Morgan fingerprint density at radius 2 is 1.91 bits per heavy atom. The standard InChI is InChI=1S/C24H24N2O5S/c1-25-13-19(26-12-18(24(30)31)21(27)22(28)20(26)23(25)29)17-10-4-2-3-7-11-32-14-15-8-5-6-9-16(15)17/h2-9,12,17,19,28H,10-11,13-14H2,1H3,(H,30,31)/b4-2-,7-3-/t17?,19-/m1/s1. The number of aromatic nitrogens is 1. The monoisotopic (exact) mass is 452 g/mol. The number of thioether (sulfide) groups is 1. The Bertz CT molecular complexity index is 1180. The summed E-state index contributed by atoms with van der Waals surface area (Å²) in [6, 6.07) is 7.76. The number of carboxylic acid groups (broad SMARTS) is 1. The summed E-state index contributed by atoms with van der Waals surface area (Å²) in [5.74, 6) is -1.15. The second-order valence-electron chi connectivity index (χ2n) is 7.95. The SMILES string of the molecule is CN1C[C@H](C2C/C=C\C=C/CSCc3ccccc32)n2cc(C(=O)O)c(=O)c(O)c2C1=O. The van der Waals surface area contributed by atoms with Gasteiger partial charge in [-0.2, -0.15) is 11.8 Å². The molecule has 166 valence electrons. The van der Waals surface area contributed by atoms with Crippen LogP contribution >= 0.6 is 11.8 Å². The van der Waals surface area contributed by atoms with Gasteiger partial charge in [0.15, 0.2) is 11.4 Å². The smallest absolute Gasteiger partial charge is 0.341 e. The van der Waals surface area contributed by atoms with Gasteiger partial charge in [0.2, 0.25) is 5.43 Å². The first kappa shape index (κ1) is 22.0. The molecule has 4 rings (SSSR count). The van der Waals surface area contributed by atoms with Gasteiger partial charge >= 0.3 is 5.97 Å². The first-order chi connectivity index (χ1) is 15.4. The molecular formula is C24H24N2O5S. The largest absolute Gasteiger partial charge is 0.503 e. The highest BCUT2D eigenvalue weighted by molar-refractivity contribution is 7.98. The molecule has 2 aliphatic rings. The summed E-state index contributed by atoms with van der Waals surface area (Å²) < 4.78 is 1.50. The molecule has 2 aromatic rings. The lowest BCUT2D eigenvalue weighted by Gasteiger charge is -2.39. The van der Waals surface area contributed by atoms with Gasteiger partial charge < -0.3 is 19.7 Å². The van der Waals surface area contributed by atoms with Gasteiger partial charge in [-0.15, -0.1) is 0 Å². The number of carboxylic acids is 1. The lowest BCUT2D eigenvalue weighted by atomic mass is 9.84. The molecule has 2 atom stereocenters. The third-order valence-corrected chi connectivity index (χ3v) is 6.92. The molecule has 8 heteroatoms. The number of nitrogens with zero attached hydrogens (tertiary/aromatic N) is 2. The second kappa shape index (κ2) is 9.08. The van der Waals surface area contributed by atoms with Crippen LogP contribution in [0.4, 0.5) is 0 Å². The number of aromatic carboxylic acids is 1. The van der Waals surface area contributed by atoms with Crippen LogP contribution in [0.3, 0.4) is 0 Å². The normalized spacial score (nSPS) is 22.9. The van der Waals surface area contributed by atoms with E-state index in [1.54, 1.807) is 18.8 Å². The van der Waals surface area contributed by atoms with E-state index >= 15 is 0 Å². The predicted molar refractivity (Wildman–Crippen MR) is 124 cm³/mol. The molecular weight excluding hydrogens is 428 g/mol. The maximum absolute atomic E-state index is 12.8. The van der Waals surface area contributed by atoms with E-state index in [0.29, 0.717) is 13.0 Å². The molecule has 0 radical (unpaired) electrons. The van der Waals surface area contributed by atoms with Crippen LogP contribution in [0.1, 0.15) is 50.4 Å². The molecule has 0 fully saturated rings. The lowest BCUT2D eigenvalue weighted by Crippen LogP contribution is -2.44. The summed E-state index contributed by atoms with van der Waals surface area (Å²) in [4.78, 5) is 38.4. The molecule has 0 aliphatic carbocycles. The molecule has 0 saturated carbocycles. The van der Waals surface area contributed by atoms with Crippen molar-refractivity contribution in [2.24, 2.45) is 0 Å². The fourth-order valence-corrected chi connectivity index (χ4v) is 5.24. The Morgan fingerprint density at radius 1 is 1.16 bits per heavy atom. The molecule has 2 aliphatic heterocycles. The van der Waals surface area contributed by atoms with Gasteiger partial charge in [0, 0.05) is 37.2 Å². The van der Waals surface area contributed by atoms with Crippen molar-refractivity contribution in [3.63, 3.8) is 0 Å². The molecule has 3 heterocycles. The second-order valence-corrected chi connectivity index (χ2v) is 8.98. The number of fused-ring (bicyclic) bond motifs is 2. The van der Waals surface area contributed by atoms with Crippen LogP contribution in [0, 0.1) is 0 Å². The van der Waals surface area contributed by atoms with Crippen molar-refractivity contribution in [3.05, 3.63) is 87.4 Å². The van der Waals surface area contributed by atoms with Crippen molar-refractivity contribution >= 4 is 23.6 Å². The van der Waals surface area contributed by atoms with Gasteiger partial charge in [0.05, 0.1) is 6.04 Å². The number of pyridine rings is 1. The van der Waals surface area contributed by atoms with Crippen LogP contribution in [0.2, 0.25) is 0 Å². The summed E-state index contributed by atoms with van der Waals surface area (Å²) in [5, 5.41) is 20.0. The Labute approximate surface area is 189 Å². The van der Waals surface area contributed by atoms with E-state index in [4.69, 9.17) is 0 Å². The quantitative estimate of drug-likeness (QED) is 0.724. The Balaban J connectivity index is 1.93. The fourth-order valence-electron chi connectivity index (χ4n) is 4.39. The molecule has 1 aromatic heterocycles. The topological polar surface area (TPSA) is 99.8 Å². The van der Waals surface area contributed by atoms with Crippen LogP contribution in [-0.4, -0.2) is 50.9 Å². The summed E-state index contributed by atoms with van der Waals surface area (Å²) in [6.45, 7) is 0.322. The third-order valence-electron chi connectivity index (χ3n) is 5.97. The highest BCUT2D eigenvalue weighted by Crippen LogP contribution is 2.40. The highest BCUT2D eigenvalue weighted by Gasteiger charge is 2.38. The number of hydrogen-bond acceptors (Lipinski definition) is 5. The van der Waals surface area contributed by atoms with Crippen LogP contribution in [0.25, 0.3) is 0 Å². The van der Waals surface area contributed by atoms with Gasteiger partial charge in [0.1, 0.15) is 5.56 Å². The number of aromatic hydroxyl groups is 1. The van der Waals surface area contributed by atoms with E-state index in [-0.39, 0.29) is 17.7 Å². The Morgan fingerprint density at radius 3 is 2.69 bits per heavy atom. The number of carbonyl (C=O) groups excluding carboxylic acids is 1. The van der Waals surface area contributed by atoms with Gasteiger partial charge in [-0.25, -0.2) is 4.79 Å². The molecule has 1 aromatic carbocycles. The average molecular weight is 453 g/mol. The van der Waals surface area contributed by atoms with Crippen molar-refractivity contribution in [1.29, 1.82) is 0 Å². The van der Waals surface area contributed by atoms with Crippen molar-refractivity contribution in [1.82, 2.24) is 9.47 Å². The number of likely N-dealkylation sites (N-methyl/N-ethyl adjacent to an activating group) is 1. The van der Waals surface area contributed by atoms with Gasteiger partial charge in [0.25, 0.3) is 5.91 Å². The number of allylic oxidation sites excluding steroid dienone is 3. The highest BCUT2D eigenvalue weighted by atomic mass is 32.2. The molecule has 0 bridgehead atoms. The third kappa shape index (κ3) is 3.98. The molecule has 2 N–H and O–H groups in total. The minimum atomic E-state index is -1.44. The van der Waals surface area contributed by atoms with Crippen molar-refractivity contribution in [3.8, 4) is 5.75 Å². The first-order valence-electron chi connectivity index (χ1n) is 10.3. The van der Waals surface area contributed by atoms with Gasteiger partial charge in [-0.3, -0.25) is 9.59 Å². The lowest BCUT2D eigenvalue weighted by molar-refractivity contribution is 0.0666. The summed E-state index contributed by atoms with van der Waals surface area (Å²) in [6.07, 6.45) is 10.0. The zero-order valence-electron chi connectivity index (χ0n) is 17.6. The molecule has 32 heavy (non-hydrogen) atoms. The van der Waals surface area contributed by atoms with Crippen LogP contribution in [0.5, 0.6) is 5.75 Å². The average Bonchev–Trinajstić information content (AvgIpc) is 2.82. The number of carbonyl (C=O) groups is 2. The van der Waals surface area contributed by atoms with Gasteiger partial charge in [-0.1, -0.05) is 48.6 Å². The number of amides is 1. The summed E-state index contributed by atoms with van der Waals surface area (Å²) in [7, 11) is 1.62. The number of hydrogen-bond donors (Lipinski definition) is 2. The Hall–Kier alpha value is -3.26. The molecule has 0 spiro atoms. The van der Waals surface area contributed by atoms with E-state index in [9.17, 15) is 24.6 Å². The number of rotatable bonds is 2. The zero-order valence-corrected chi connectivity index (χ0v) is 18.4. The van der Waals surface area contributed by atoms with Crippen molar-refractivity contribution < 1.29 is 19.8 Å². The summed E-state index contributed by atoms with van der Waals surface area (Å²) in [5.41, 5.74) is 0.531. The van der Waals surface area contributed by atoms with Gasteiger partial charge in [-0.05, 0) is 17.5 Å². The van der Waals surface area contributed by atoms with Crippen molar-refractivity contribution in [2.75, 3.05) is 19.3 Å². The molecule has 1 amide bonds. The zero-order chi connectivity index (χ0) is 22.8. The van der Waals surface area contributed by atoms with E-state index < -0.39 is 28.6 Å². The van der Waals surface area contributed by atoms with Crippen LogP contribution < -0.4 is 5.43 Å². The van der Waals surface area contributed by atoms with E-state index in [1.165, 1.54) is 21.2 Å². The molecule has 1 unspecified atom stereocenters. The van der Waals surface area contributed by atoms with E-state index in [0.717, 1.165) is 17.1 Å². The Kier molecular flexibility index (Phi) is 6.23. The maximum Gasteiger partial charge on any atom is 0.341 e. The number of benzene rings is 1. The molecule has 7 nitrogen and oxygen atoms in total. The first-order valence-corrected chi connectivity index (χ1v) is 11.5. The minimum absolute atomic E-state index is 0.104. The van der Waals surface area contributed by atoms with Crippen LogP contribution in [-0.2, 0) is 5.75 Å². The fraction of sp³-hybridized carbons (Fsp3) is 0.292. The predicted octanol–water partition coefficient (Wildman–Crippen LogP) is 3.41. The molecule has 0 saturated heterocycles. The van der Waals surface area contributed by atoms with Crippen molar-refractivity contribution in [2.45, 2.75) is 24.1 Å². The summed E-state index contributed by atoms with van der Waals surface area (Å²) >= 11 is 1.80. The maximum atomic E-state index is 12.8. The minimum Gasteiger partial charge on any atom is -0.503 e. The van der Waals surface area contributed by atoms with E-state index in [1.807, 2.05) is 24.3 Å². The van der Waals surface area contributed by atoms with E-state index in [2.05, 4.69) is 24.3 Å². The van der Waals surface area contributed by atoms with Crippen LogP contribution in [0.15, 0.2) is 59.6 Å².